The molecule has 2 aliphatic heterocycles. The molecule has 0 spiro atoms. The minimum Gasteiger partial charge on any atom is -0.507 e. The Hall–Kier alpha value is -5.26. The molecule has 0 aromatic heterocycles. The molecular weight excluding hydrogens is 1070 g/mol. The van der Waals surface area contributed by atoms with Crippen LogP contribution in [-0.4, -0.2) is 137 Å². The number of likely N-dealkylation sites (tertiary alicyclic amines) is 1. The zero-order valence-electron chi connectivity index (χ0n) is 51.2. The zero-order valence-corrected chi connectivity index (χ0v) is 51.2. The molecule has 5 N–H and O–H groups in total. The number of unbranched alkanes of at least 4 members (excludes halogenated alkanes) is 6. The maximum Gasteiger partial charge on any atom is 0.411 e. The highest BCUT2D eigenvalue weighted by atomic mass is 16.7. The summed E-state index contributed by atoms with van der Waals surface area (Å²) < 4.78 is 26.1. The zero-order chi connectivity index (χ0) is 59.8. The summed E-state index contributed by atoms with van der Waals surface area (Å²) in [5, 5.41) is 41.2. The molecule has 0 bridgehead atoms. The molecule has 15 nitrogen and oxygen atoms in total. The molecule has 4 saturated carbocycles. The van der Waals surface area contributed by atoms with Crippen LogP contribution in [0.25, 0.3) is 11.1 Å². The number of piperidine rings is 1. The lowest BCUT2D eigenvalue weighted by Gasteiger charge is -2.59. The topological polar surface area (TPSA) is 193 Å². The Kier molecular flexibility index (Phi) is 20.6. The number of aliphatic hydroxyl groups excluding tert-OH is 2. The van der Waals surface area contributed by atoms with Gasteiger partial charge in [0, 0.05) is 53.4 Å². The number of fused-ring (bicyclic) bond motifs is 7. The van der Waals surface area contributed by atoms with Crippen molar-refractivity contribution in [1.29, 1.82) is 0 Å². The Labute approximate surface area is 504 Å². The summed E-state index contributed by atoms with van der Waals surface area (Å²) in [4.78, 5) is 57.1. The van der Waals surface area contributed by atoms with Gasteiger partial charge in [-0.1, -0.05) is 131 Å². The van der Waals surface area contributed by atoms with E-state index in [1.807, 2.05) is 80.6 Å². The predicted octanol–water partition coefficient (Wildman–Crippen LogP) is 11.5. The molecule has 2 saturated heterocycles. The van der Waals surface area contributed by atoms with Crippen LogP contribution < -0.4 is 10.6 Å². The number of hydrogen-bond acceptors (Lipinski definition) is 13. The van der Waals surface area contributed by atoms with Gasteiger partial charge in [0.25, 0.3) is 0 Å². The highest BCUT2D eigenvalue weighted by Crippen LogP contribution is 2.70. The lowest BCUT2D eigenvalue weighted by atomic mass is 9.46. The Morgan fingerprint density at radius 2 is 1.59 bits per heavy atom. The normalized spacial score (nSPS) is 29.1. The smallest absolute Gasteiger partial charge is 0.411 e. The third-order valence-electron chi connectivity index (χ3n) is 21.6. The minimum atomic E-state index is -1.40. The Bertz CT molecular complexity index is 2840. The average Bonchev–Trinajstić information content (AvgIpc) is 1.56. The number of quaternary nitrogens is 1. The monoisotopic (exact) mass is 1170 g/mol. The van der Waals surface area contributed by atoms with Crippen molar-refractivity contribution in [2.24, 2.45) is 34.5 Å². The van der Waals surface area contributed by atoms with Crippen molar-refractivity contribution in [2.45, 2.75) is 186 Å². The average molecular weight is 1170 g/mol. The first-order valence-corrected chi connectivity index (χ1v) is 32.6. The lowest BCUT2D eigenvalue weighted by Crippen LogP contribution is -2.64. The number of phenols is 1. The Balaban J connectivity index is 0.639. The van der Waals surface area contributed by atoms with Gasteiger partial charge in [-0.05, 0) is 144 Å². The molecule has 7 aliphatic rings. The number of Topliss-reactive ketones (excluding diaryl/α,β-unsaturated/α-hetero) is 1. The maximum absolute atomic E-state index is 15.2. The molecule has 15 heteroatoms. The Morgan fingerprint density at radius 1 is 0.871 bits per heavy atom. The number of nitrogens with zero attached hydrogens (tertiary/aromatic N) is 2. The van der Waals surface area contributed by atoms with Crippen LogP contribution >= 0.6 is 0 Å². The number of ketones is 2. The molecule has 1 amide bonds. The number of ether oxygens (including phenoxy) is 4. The summed E-state index contributed by atoms with van der Waals surface area (Å²) in [6.45, 7) is 13.3. The van der Waals surface area contributed by atoms with Crippen molar-refractivity contribution in [3.05, 3.63) is 108 Å². The van der Waals surface area contributed by atoms with Gasteiger partial charge in [0.15, 0.2) is 30.8 Å². The van der Waals surface area contributed by atoms with Crippen LogP contribution in [0.5, 0.6) is 5.75 Å². The van der Waals surface area contributed by atoms with E-state index >= 15 is 4.79 Å². The van der Waals surface area contributed by atoms with Crippen molar-refractivity contribution in [2.75, 3.05) is 64.3 Å². The number of aromatic hydroxyl groups is 1. The number of carbonyl (C=O) groups excluding carboxylic acids is 4. The minimum absolute atomic E-state index is 0.0111. The highest BCUT2D eigenvalue weighted by Gasteiger charge is 2.76. The largest absolute Gasteiger partial charge is 0.507 e. The fourth-order valence-electron chi connectivity index (χ4n) is 16.6. The molecule has 2 heterocycles. The number of amides is 1. The number of allylic oxidation sites excluding steroid dienone is 4. The van der Waals surface area contributed by atoms with Crippen molar-refractivity contribution >= 4 is 29.3 Å². The number of carbonyl (C=O) groups is 4. The fourth-order valence-corrected chi connectivity index (χ4v) is 16.6. The first-order chi connectivity index (χ1) is 41.1. The fraction of sp³-hybridized carbons (Fsp3) is 0.629. The van der Waals surface area contributed by atoms with E-state index < -0.39 is 59.7 Å². The van der Waals surface area contributed by atoms with E-state index in [2.05, 4.69) is 29.4 Å². The van der Waals surface area contributed by atoms with E-state index in [0.29, 0.717) is 50.1 Å². The quantitative estimate of drug-likeness (QED) is 0.0290. The number of anilines is 1. The second kappa shape index (κ2) is 27.8. The Morgan fingerprint density at radius 3 is 2.34 bits per heavy atom. The number of esters is 1. The SMILES string of the molecule is CC[N+](CC)(CC(=O)OCC(=O)[C@@]12O[C@H](C3CCCCC3)OC1CC1[C@@H]3CCC4=CC(=O)C=C[C@]4(C)C3[C@@H](O)C[C@@]12C)Cc1cc([C@@H](O)CNCCCCCCCCCN2CCC(OC(=O)Nc3ccccc3-c3ccccc3)CC2)ccc1O. The number of phenolic OH excluding ortho intramolecular Hbond substituents is 1. The molecule has 3 unspecified atom stereocenters. The van der Waals surface area contributed by atoms with Crippen LogP contribution in [0.3, 0.4) is 0 Å². The predicted molar refractivity (Wildman–Crippen MR) is 328 cm³/mol. The number of likely N-dealkylation sites (N-methyl/N-ethyl adjacent to an activating group) is 1. The molecule has 10 atom stereocenters. The van der Waals surface area contributed by atoms with E-state index in [0.717, 1.165) is 113 Å². The van der Waals surface area contributed by atoms with Gasteiger partial charge in [-0.25, -0.2) is 9.59 Å². The second-order valence-electron chi connectivity index (χ2n) is 26.6. The number of aliphatic hydroxyl groups is 2. The maximum atomic E-state index is 15.2. The van der Waals surface area contributed by atoms with Crippen molar-refractivity contribution in [3.8, 4) is 16.9 Å². The van der Waals surface area contributed by atoms with E-state index in [1.54, 1.807) is 24.3 Å². The van der Waals surface area contributed by atoms with Crippen LogP contribution in [0.4, 0.5) is 10.5 Å². The molecule has 3 aromatic rings. The van der Waals surface area contributed by atoms with Crippen LogP contribution in [0.2, 0.25) is 0 Å². The van der Waals surface area contributed by atoms with E-state index in [9.17, 15) is 29.7 Å². The summed E-state index contributed by atoms with van der Waals surface area (Å²) in [6.07, 6.45) is 19.8. The summed E-state index contributed by atoms with van der Waals surface area (Å²) in [5.41, 5.74) is 2.51. The van der Waals surface area contributed by atoms with Crippen LogP contribution in [-0.2, 0) is 39.9 Å². The van der Waals surface area contributed by atoms with Gasteiger partial charge >= 0.3 is 12.1 Å². The number of hydrogen-bond donors (Lipinski definition) is 5. The molecule has 85 heavy (non-hydrogen) atoms. The van der Waals surface area contributed by atoms with Crippen LogP contribution in [0, 0.1) is 34.5 Å². The molecule has 5 aliphatic carbocycles. The molecule has 0 radical (unpaired) electrons. The lowest BCUT2D eigenvalue weighted by molar-refractivity contribution is -0.931. The van der Waals surface area contributed by atoms with Crippen molar-refractivity contribution in [1.82, 2.24) is 10.2 Å². The van der Waals surface area contributed by atoms with Gasteiger partial charge < -0.3 is 49.0 Å². The number of rotatable bonds is 26. The van der Waals surface area contributed by atoms with Gasteiger partial charge in [0.05, 0.1) is 37.1 Å². The van der Waals surface area contributed by atoms with E-state index in [1.165, 1.54) is 38.5 Å². The third kappa shape index (κ3) is 13.7. The third-order valence-corrected chi connectivity index (χ3v) is 21.6. The highest BCUT2D eigenvalue weighted by molar-refractivity contribution is 6.01. The van der Waals surface area contributed by atoms with Crippen LogP contribution in [0.15, 0.2) is 96.6 Å². The summed E-state index contributed by atoms with van der Waals surface area (Å²) in [6, 6.07) is 23.1. The first-order valence-electron chi connectivity index (χ1n) is 32.6. The van der Waals surface area contributed by atoms with Gasteiger partial charge in [-0.15, -0.1) is 0 Å². The summed E-state index contributed by atoms with van der Waals surface area (Å²) in [5.74, 6) is -0.613. The molecule has 10 rings (SSSR count). The molecular formula is C70H97N4O11+. The second-order valence-corrected chi connectivity index (χ2v) is 26.6. The first kappa shape index (κ1) is 62.8. The standard InChI is InChI=1S/C70H96N4O11/c1-5-74(6-2,46-64(80)82-47-62(79)70-63(84-66(85-70)49-24-16-13-17-25-49)42-57-56-30-29-52-41-53(75)32-35-68(52,3)65(56)60(77)43-69(57,70)4)45-51-40-50(28-31-59(51)76)61(78)44-71-36-20-10-8-7-9-11-21-37-73-38-33-54(34-39-73)83-67(81)72-58-27-19-18-26-55(58)48-22-14-12-15-23-48/h12,14-15,18-19,22-23,26-28,31-32,35,40-41,49,54,56-57,60-61,63,65-66,71,77-78H,5-11,13,16-17,20-21,24-25,29-30,33-34,36-39,42-47H2,1-4H3,(H-,72,76,81)/p+1/t56-,57?,60-,61-,63?,65?,66+,68-,69-,70+/m0/s1. The van der Waals surface area contributed by atoms with Gasteiger partial charge in [0.2, 0.25) is 5.78 Å². The molecule has 6 fully saturated rings. The summed E-state index contributed by atoms with van der Waals surface area (Å²) in [7, 11) is 0. The van der Waals surface area contributed by atoms with Crippen LogP contribution in [0.1, 0.15) is 161 Å². The van der Waals surface area contributed by atoms with Crippen molar-refractivity contribution in [3.63, 3.8) is 0 Å². The molecule has 462 valence electrons. The van der Waals surface area contributed by atoms with E-state index in [4.69, 9.17) is 18.9 Å². The van der Waals surface area contributed by atoms with Crippen molar-refractivity contribution < 1.29 is 57.9 Å². The van der Waals surface area contributed by atoms with Gasteiger partial charge in [0.1, 0.15) is 18.4 Å². The molecule has 3 aromatic carbocycles. The summed E-state index contributed by atoms with van der Waals surface area (Å²) >= 11 is 0. The van der Waals surface area contributed by atoms with Gasteiger partial charge in [-0.2, -0.15) is 0 Å². The van der Waals surface area contributed by atoms with Gasteiger partial charge in [-0.3, -0.25) is 14.9 Å². The number of nitrogens with one attached hydrogen (secondary N) is 2. The van der Waals surface area contributed by atoms with E-state index in [-0.39, 0.29) is 58.1 Å². The number of benzene rings is 3. The number of para-hydroxylation sites is 1.